The first kappa shape index (κ1) is 17.0. The van der Waals surface area contributed by atoms with Crippen LogP contribution in [0.1, 0.15) is 24.1 Å². The molecular formula is C17H17F3N2O. The van der Waals surface area contributed by atoms with Crippen molar-refractivity contribution in [3.63, 3.8) is 0 Å². The van der Waals surface area contributed by atoms with Crippen LogP contribution in [0.5, 0.6) is 0 Å². The minimum absolute atomic E-state index is 0.0291. The molecule has 0 unspecified atom stereocenters. The molecule has 0 spiro atoms. The third kappa shape index (κ3) is 5.10. The van der Waals surface area contributed by atoms with Gasteiger partial charge in [0.1, 0.15) is 5.82 Å². The van der Waals surface area contributed by atoms with E-state index < -0.39 is 11.6 Å². The van der Waals surface area contributed by atoms with Crippen molar-refractivity contribution in [2.75, 3.05) is 6.54 Å². The van der Waals surface area contributed by atoms with Crippen LogP contribution >= 0.6 is 0 Å². The van der Waals surface area contributed by atoms with Crippen molar-refractivity contribution < 1.29 is 18.0 Å². The number of hydrogen-bond acceptors (Lipinski definition) is 2. The van der Waals surface area contributed by atoms with Gasteiger partial charge in [0.05, 0.1) is 6.54 Å². The smallest absolute Gasteiger partial charge is 0.234 e. The predicted molar refractivity (Wildman–Crippen MR) is 81.0 cm³/mol. The molecular weight excluding hydrogens is 305 g/mol. The Hall–Kier alpha value is -2.34. The zero-order valence-electron chi connectivity index (χ0n) is 12.6. The van der Waals surface area contributed by atoms with Crippen LogP contribution in [0.4, 0.5) is 13.2 Å². The van der Waals surface area contributed by atoms with Crippen LogP contribution in [0.15, 0.2) is 42.5 Å². The molecule has 122 valence electrons. The second-order valence-electron chi connectivity index (χ2n) is 5.18. The highest BCUT2D eigenvalue weighted by molar-refractivity contribution is 5.78. The highest BCUT2D eigenvalue weighted by atomic mass is 19.2. The number of hydrogen-bond donors (Lipinski definition) is 2. The van der Waals surface area contributed by atoms with E-state index in [2.05, 4.69) is 10.6 Å². The van der Waals surface area contributed by atoms with Gasteiger partial charge in [-0.1, -0.05) is 18.2 Å². The molecule has 0 aliphatic heterocycles. The number of amides is 1. The first-order valence-corrected chi connectivity index (χ1v) is 7.15. The molecule has 0 aromatic heterocycles. The van der Waals surface area contributed by atoms with Crippen LogP contribution in [0.3, 0.4) is 0 Å². The normalized spacial score (nSPS) is 12.0. The summed E-state index contributed by atoms with van der Waals surface area (Å²) in [5, 5.41) is 5.62. The lowest BCUT2D eigenvalue weighted by Crippen LogP contribution is -2.34. The highest BCUT2D eigenvalue weighted by Gasteiger charge is 2.10. The maximum atomic E-state index is 13.2. The third-order valence-corrected chi connectivity index (χ3v) is 3.42. The van der Waals surface area contributed by atoms with E-state index in [4.69, 9.17) is 0 Å². The van der Waals surface area contributed by atoms with E-state index in [1.807, 2.05) is 0 Å². The Morgan fingerprint density at radius 2 is 1.74 bits per heavy atom. The van der Waals surface area contributed by atoms with Crippen molar-refractivity contribution in [1.82, 2.24) is 10.6 Å². The molecule has 2 N–H and O–H groups in total. The molecule has 0 aliphatic carbocycles. The van der Waals surface area contributed by atoms with Crippen LogP contribution in [0, 0.1) is 17.5 Å². The first-order chi connectivity index (χ1) is 11.0. The summed E-state index contributed by atoms with van der Waals surface area (Å²) in [4.78, 5) is 11.8. The van der Waals surface area contributed by atoms with E-state index in [-0.39, 0.29) is 24.3 Å². The summed E-state index contributed by atoms with van der Waals surface area (Å²) in [5.41, 5.74) is 1.34. The van der Waals surface area contributed by atoms with E-state index in [1.165, 1.54) is 18.2 Å². The molecule has 23 heavy (non-hydrogen) atoms. The van der Waals surface area contributed by atoms with E-state index in [1.54, 1.807) is 19.1 Å². The van der Waals surface area contributed by atoms with Gasteiger partial charge in [0.25, 0.3) is 0 Å². The van der Waals surface area contributed by atoms with Crippen LogP contribution in [0.2, 0.25) is 0 Å². The molecule has 0 saturated heterocycles. The maximum Gasteiger partial charge on any atom is 0.234 e. The largest absolute Gasteiger partial charge is 0.351 e. The topological polar surface area (TPSA) is 41.1 Å². The fourth-order valence-electron chi connectivity index (χ4n) is 2.01. The van der Waals surface area contributed by atoms with Crippen molar-refractivity contribution in [2.45, 2.75) is 19.5 Å². The second kappa shape index (κ2) is 7.78. The summed E-state index contributed by atoms with van der Waals surface area (Å²) < 4.78 is 38.8. The second-order valence-corrected chi connectivity index (χ2v) is 5.18. The van der Waals surface area contributed by atoms with Crippen molar-refractivity contribution in [3.05, 3.63) is 71.0 Å². The molecule has 0 heterocycles. The first-order valence-electron chi connectivity index (χ1n) is 7.15. The number of carbonyl (C=O) groups is 1. The molecule has 2 rings (SSSR count). The van der Waals surface area contributed by atoms with E-state index in [9.17, 15) is 18.0 Å². The Morgan fingerprint density at radius 3 is 2.39 bits per heavy atom. The molecule has 0 bridgehead atoms. The Bertz CT molecular complexity index is 674. The molecule has 2 aromatic rings. The van der Waals surface area contributed by atoms with Gasteiger partial charge in [-0.15, -0.1) is 0 Å². The van der Waals surface area contributed by atoms with E-state index in [0.717, 1.165) is 17.7 Å². The predicted octanol–water partition coefficient (Wildman–Crippen LogP) is 3.07. The highest BCUT2D eigenvalue weighted by Crippen LogP contribution is 2.15. The van der Waals surface area contributed by atoms with Crippen molar-refractivity contribution in [1.29, 1.82) is 0 Å². The minimum atomic E-state index is -0.920. The average Bonchev–Trinajstić information content (AvgIpc) is 2.54. The SMILES string of the molecule is C[C@H](NCC(=O)NCc1ccc(F)cc1)c1ccc(F)c(F)c1. The summed E-state index contributed by atoms with van der Waals surface area (Å²) in [6.07, 6.45) is 0. The fourth-order valence-corrected chi connectivity index (χ4v) is 2.01. The summed E-state index contributed by atoms with van der Waals surface area (Å²) in [5.74, 6) is -2.40. The van der Waals surface area contributed by atoms with E-state index in [0.29, 0.717) is 12.1 Å². The number of rotatable bonds is 6. The quantitative estimate of drug-likeness (QED) is 0.858. The van der Waals surface area contributed by atoms with Gasteiger partial charge in [-0.3, -0.25) is 4.79 Å². The Labute approximate surface area is 132 Å². The Balaban J connectivity index is 1.79. The third-order valence-electron chi connectivity index (χ3n) is 3.42. The van der Waals surface area contributed by atoms with Crippen LogP contribution < -0.4 is 10.6 Å². The Kier molecular flexibility index (Phi) is 5.76. The summed E-state index contributed by atoms with van der Waals surface area (Å²) >= 11 is 0. The van der Waals surface area contributed by atoms with Crippen LogP contribution in [-0.2, 0) is 11.3 Å². The number of benzene rings is 2. The summed E-state index contributed by atoms with van der Waals surface area (Å²) in [6, 6.07) is 9.14. The molecule has 3 nitrogen and oxygen atoms in total. The molecule has 0 fully saturated rings. The van der Waals surface area contributed by atoms with Gasteiger partial charge < -0.3 is 10.6 Å². The zero-order chi connectivity index (χ0) is 16.8. The minimum Gasteiger partial charge on any atom is -0.351 e. The maximum absolute atomic E-state index is 13.2. The molecule has 0 saturated carbocycles. The molecule has 6 heteroatoms. The van der Waals surface area contributed by atoms with Crippen LogP contribution in [-0.4, -0.2) is 12.5 Å². The summed E-state index contributed by atoms with van der Waals surface area (Å²) in [6.45, 7) is 2.07. The van der Waals surface area contributed by atoms with E-state index >= 15 is 0 Å². The lowest BCUT2D eigenvalue weighted by atomic mass is 10.1. The van der Waals surface area contributed by atoms with Crippen molar-refractivity contribution >= 4 is 5.91 Å². The van der Waals surface area contributed by atoms with Gasteiger partial charge in [-0.2, -0.15) is 0 Å². The Morgan fingerprint density at radius 1 is 1.04 bits per heavy atom. The molecule has 1 atom stereocenters. The summed E-state index contributed by atoms with van der Waals surface area (Å²) in [7, 11) is 0. The van der Waals surface area contributed by atoms with Crippen molar-refractivity contribution in [2.24, 2.45) is 0 Å². The molecule has 0 aliphatic rings. The number of carbonyl (C=O) groups excluding carboxylic acids is 1. The van der Waals surface area contributed by atoms with Gasteiger partial charge in [0.15, 0.2) is 11.6 Å². The van der Waals surface area contributed by atoms with Gasteiger partial charge in [-0.25, -0.2) is 13.2 Å². The van der Waals surface area contributed by atoms with Gasteiger partial charge in [-0.05, 0) is 42.3 Å². The number of halogens is 3. The molecule has 0 radical (unpaired) electrons. The fraction of sp³-hybridized carbons (Fsp3) is 0.235. The van der Waals surface area contributed by atoms with Gasteiger partial charge in [0.2, 0.25) is 5.91 Å². The standard InChI is InChI=1S/C17H17F3N2O/c1-11(13-4-7-15(19)16(20)8-13)21-10-17(23)22-9-12-2-5-14(18)6-3-12/h2-8,11,21H,9-10H2,1H3,(H,22,23)/t11-/m0/s1. The van der Waals surface area contributed by atoms with Gasteiger partial charge >= 0.3 is 0 Å². The van der Waals surface area contributed by atoms with Crippen molar-refractivity contribution in [3.8, 4) is 0 Å². The monoisotopic (exact) mass is 322 g/mol. The van der Waals surface area contributed by atoms with Gasteiger partial charge in [0, 0.05) is 12.6 Å². The molecule has 1 amide bonds. The number of nitrogens with one attached hydrogen (secondary N) is 2. The van der Waals surface area contributed by atoms with Crippen LogP contribution in [0.25, 0.3) is 0 Å². The zero-order valence-corrected chi connectivity index (χ0v) is 12.6. The lowest BCUT2D eigenvalue weighted by Gasteiger charge is -2.14. The average molecular weight is 322 g/mol. The molecule has 2 aromatic carbocycles. The lowest BCUT2D eigenvalue weighted by molar-refractivity contribution is -0.120.